The summed E-state index contributed by atoms with van der Waals surface area (Å²) in [6.45, 7) is 0. The quantitative estimate of drug-likeness (QED) is 0.128. The van der Waals surface area contributed by atoms with Gasteiger partial charge in [0.05, 0.1) is 22.3 Å². The van der Waals surface area contributed by atoms with Gasteiger partial charge in [-0.1, -0.05) is 328 Å². The first-order chi connectivity index (χ1) is 49.0. The van der Waals surface area contributed by atoms with Crippen LogP contribution in [-0.2, 0) is 6.42 Å². The summed E-state index contributed by atoms with van der Waals surface area (Å²) >= 11 is 0. The number of benzene rings is 14. The molecule has 1 aliphatic carbocycles. The number of para-hydroxylation sites is 1. The Morgan fingerprint density at radius 3 is 0.838 bits per heavy atom. The van der Waals surface area contributed by atoms with Crippen molar-refractivity contribution in [3.05, 3.63) is 381 Å². The van der Waals surface area contributed by atoms with Crippen molar-refractivity contribution >= 4 is 21.8 Å². The molecule has 8 heteroatoms. The maximum absolute atomic E-state index is 14.2. The van der Waals surface area contributed by atoms with Gasteiger partial charge in [0.25, 0.3) is 0 Å². The predicted octanol–water partition coefficient (Wildman–Crippen LogP) is 22.9. The van der Waals surface area contributed by atoms with Crippen molar-refractivity contribution in [2.75, 3.05) is 0 Å². The molecule has 1 aliphatic rings. The van der Waals surface area contributed by atoms with Gasteiger partial charge in [0.2, 0.25) is 0 Å². The van der Waals surface area contributed by atoms with E-state index in [0.29, 0.717) is 40.5 Å². The third-order valence-electron chi connectivity index (χ3n) is 18.0. The minimum Gasteiger partial charge on any atom is -0.308 e. The summed E-state index contributed by atoms with van der Waals surface area (Å²) in [5.41, 5.74) is 23.6. The Balaban J connectivity index is 0.000000128. The topological polar surface area (TPSA) is 82.3 Å². The molecule has 17 aromatic rings. The highest BCUT2D eigenvalue weighted by Crippen LogP contribution is 2.42. The zero-order valence-electron chi connectivity index (χ0n) is 53.9. The summed E-state index contributed by atoms with van der Waals surface area (Å²) < 4.78 is 16.6. The van der Waals surface area contributed by atoms with Crippen LogP contribution < -0.4 is 0 Å². The van der Waals surface area contributed by atoms with Crippen LogP contribution in [0.5, 0.6) is 0 Å². The van der Waals surface area contributed by atoms with Gasteiger partial charge in [-0.05, 0) is 110 Å². The van der Waals surface area contributed by atoms with E-state index >= 15 is 0 Å². The van der Waals surface area contributed by atoms with Crippen LogP contribution in [-0.4, -0.2) is 34.5 Å². The fourth-order valence-corrected chi connectivity index (χ4v) is 13.1. The average molecular weight is 1270 g/mol. The minimum absolute atomic E-state index is 0.325. The van der Waals surface area contributed by atoms with Gasteiger partial charge in [-0.2, -0.15) is 0 Å². The zero-order chi connectivity index (χ0) is 66.3. The molecule has 468 valence electrons. The summed E-state index contributed by atoms with van der Waals surface area (Å²) in [6, 6.07) is 124. The van der Waals surface area contributed by atoms with Gasteiger partial charge in [-0.3, -0.25) is 0 Å². The zero-order valence-corrected chi connectivity index (χ0v) is 53.9. The van der Waals surface area contributed by atoms with Crippen LogP contribution in [0.25, 0.3) is 151 Å². The van der Waals surface area contributed by atoms with E-state index in [-0.39, 0.29) is 5.82 Å². The molecule has 0 amide bonds. The van der Waals surface area contributed by atoms with Crippen molar-refractivity contribution in [1.29, 1.82) is 0 Å². The standard InChI is InChI=1S/C45H30N4.C25H18.C21H14FN3/c1-5-15-31(16-6-1)35-25-27-37-38-28-26-36(32-17-7-2-8-18-32)30-42(38)49(41(37)29-35)40-24-14-13-23-39(40)45-47-43(33-19-9-3-10-20-33)46-44(48-45)34-21-11-4-12-22-34;1-3-7-18(8-4-1)20-11-13-24-22(15-20)17-23-16-21(12-14-25(23)24)19-9-5-2-6-10-19;22-18-14-8-7-13-17(18)21-24-19(15-9-3-1-4-10-15)23-20(25-21)16-11-5-2-6-12-16/h1-30H;1-16H,17H2;1-14H. The number of fused-ring (bicyclic) bond motifs is 6. The molecule has 0 N–H and O–H groups in total. The molecular weight excluding hydrogens is 1210 g/mol. The Bertz CT molecular complexity index is 5380. The largest absolute Gasteiger partial charge is 0.308 e. The first kappa shape index (κ1) is 60.8. The third-order valence-corrected chi connectivity index (χ3v) is 18.0. The smallest absolute Gasteiger partial charge is 0.167 e. The second kappa shape index (κ2) is 27.7. The molecule has 0 saturated carbocycles. The predicted molar refractivity (Wildman–Crippen MR) is 403 cm³/mol. The number of rotatable bonds is 11. The van der Waals surface area contributed by atoms with Crippen LogP contribution >= 0.6 is 0 Å². The molecule has 0 aliphatic heterocycles. The molecule has 0 unspecified atom stereocenters. The maximum atomic E-state index is 14.2. The normalized spacial score (nSPS) is 11.2. The Morgan fingerprint density at radius 2 is 0.485 bits per heavy atom. The fourth-order valence-electron chi connectivity index (χ4n) is 13.1. The van der Waals surface area contributed by atoms with Gasteiger partial charge in [0, 0.05) is 38.6 Å². The summed E-state index contributed by atoms with van der Waals surface area (Å²) in [4.78, 5) is 28.8. The summed E-state index contributed by atoms with van der Waals surface area (Å²) in [5, 5.41) is 2.38. The van der Waals surface area contributed by atoms with E-state index in [2.05, 4.69) is 238 Å². The molecule has 0 atom stereocenters. The van der Waals surface area contributed by atoms with E-state index in [4.69, 9.17) is 15.0 Å². The highest BCUT2D eigenvalue weighted by atomic mass is 19.1. The van der Waals surface area contributed by atoms with Gasteiger partial charge in [-0.15, -0.1) is 0 Å². The maximum Gasteiger partial charge on any atom is 0.167 e. The Kier molecular flexibility index (Phi) is 17.0. The van der Waals surface area contributed by atoms with Crippen molar-refractivity contribution in [3.63, 3.8) is 0 Å². The number of hydrogen-bond donors (Lipinski definition) is 0. The number of hydrogen-bond acceptors (Lipinski definition) is 6. The molecule has 0 radical (unpaired) electrons. The molecule has 0 spiro atoms. The second-order valence-corrected chi connectivity index (χ2v) is 24.3. The minimum atomic E-state index is -0.355. The lowest BCUT2D eigenvalue weighted by molar-refractivity contribution is 0.630. The van der Waals surface area contributed by atoms with Crippen molar-refractivity contribution in [1.82, 2.24) is 34.5 Å². The average Bonchev–Trinajstić information content (AvgIpc) is 1.59. The van der Waals surface area contributed by atoms with E-state index in [1.165, 1.54) is 72.5 Å². The van der Waals surface area contributed by atoms with Gasteiger partial charge in [0.15, 0.2) is 34.9 Å². The molecule has 0 fully saturated rings. The second-order valence-electron chi connectivity index (χ2n) is 24.3. The molecule has 3 aromatic heterocycles. The van der Waals surface area contributed by atoms with Crippen LogP contribution in [0, 0.1) is 5.82 Å². The molecular formula is C91H62FN7. The van der Waals surface area contributed by atoms with E-state index in [0.717, 1.165) is 62.1 Å². The molecule has 0 saturated heterocycles. The molecule has 18 rings (SSSR count). The van der Waals surface area contributed by atoms with E-state index in [1.807, 2.05) is 121 Å². The summed E-state index contributed by atoms with van der Waals surface area (Å²) in [7, 11) is 0. The van der Waals surface area contributed by atoms with E-state index < -0.39 is 0 Å². The van der Waals surface area contributed by atoms with Gasteiger partial charge in [-0.25, -0.2) is 34.3 Å². The van der Waals surface area contributed by atoms with Crippen LogP contribution in [0.3, 0.4) is 0 Å². The Morgan fingerprint density at radius 1 is 0.212 bits per heavy atom. The number of aromatic nitrogens is 7. The van der Waals surface area contributed by atoms with Crippen LogP contribution in [0.15, 0.2) is 364 Å². The van der Waals surface area contributed by atoms with Crippen molar-refractivity contribution in [2.24, 2.45) is 0 Å². The Hall–Kier alpha value is -13.2. The van der Waals surface area contributed by atoms with Crippen LogP contribution in [0.4, 0.5) is 4.39 Å². The van der Waals surface area contributed by atoms with Crippen LogP contribution in [0.1, 0.15) is 11.1 Å². The molecule has 99 heavy (non-hydrogen) atoms. The first-order valence-corrected chi connectivity index (χ1v) is 33.1. The van der Waals surface area contributed by atoms with E-state index in [1.54, 1.807) is 18.2 Å². The fraction of sp³-hybridized carbons (Fsp3) is 0.0110. The van der Waals surface area contributed by atoms with Gasteiger partial charge < -0.3 is 4.57 Å². The first-order valence-electron chi connectivity index (χ1n) is 33.1. The lowest BCUT2D eigenvalue weighted by Gasteiger charge is -2.15. The summed E-state index contributed by atoms with van der Waals surface area (Å²) in [6.07, 6.45) is 1.02. The van der Waals surface area contributed by atoms with Gasteiger partial charge >= 0.3 is 0 Å². The van der Waals surface area contributed by atoms with Crippen molar-refractivity contribution in [3.8, 4) is 130 Å². The highest BCUT2D eigenvalue weighted by molar-refractivity contribution is 6.11. The molecule has 7 nitrogen and oxygen atoms in total. The number of halogens is 1. The van der Waals surface area contributed by atoms with Crippen LogP contribution in [0.2, 0.25) is 0 Å². The SMILES string of the molecule is Fc1ccccc1-c1nc(-c2ccccc2)nc(-c2ccccc2)n1.c1ccc(-c2ccc3c(c2)Cc2cc(-c4ccccc4)ccc2-3)cc1.c1ccc(-c2ccc3c4ccc(-c5ccccc5)cc4n(-c4ccccc4-c4nc(-c5ccccc5)nc(-c5ccccc5)n4)c3c2)cc1. The monoisotopic (exact) mass is 1270 g/mol. The molecule has 3 heterocycles. The third kappa shape index (κ3) is 12.8. The highest BCUT2D eigenvalue weighted by Gasteiger charge is 2.23. The Labute approximate surface area is 574 Å². The van der Waals surface area contributed by atoms with Crippen molar-refractivity contribution in [2.45, 2.75) is 6.42 Å². The van der Waals surface area contributed by atoms with E-state index in [9.17, 15) is 4.39 Å². The lowest BCUT2D eigenvalue weighted by atomic mass is 9.98. The lowest BCUT2D eigenvalue weighted by Crippen LogP contribution is -2.03. The van der Waals surface area contributed by atoms with Gasteiger partial charge in [0.1, 0.15) is 5.82 Å². The van der Waals surface area contributed by atoms with Crippen molar-refractivity contribution < 1.29 is 4.39 Å². The number of nitrogens with zero attached hydrogens (tertiary/aromatic N) is 7. The summed E-state index contributed by atoms with van der Waals surface area (Å²) in [5.74, 6) is 2.91. The molecule has 0 bridgehead atoms. The molecule has 14 aromatic carbocycles.